The van der Waals surface area contributed by atoms with Crippen molar-refractivity contribution in [3.05, 3.63) is 77.4 Å². The monoisotopic (exact) mass is 391 g/mol. The molecule has 2 aromatic heterocycles. The molecule has 0 aliphatic rings. The molecule has 0 unspecified atom stereocenters. The third-order valence-electron chi connectivity index (χ3n) is 4.59. The molecule has 2 heterocycles. The Morgan fingerprint density at radius 3 is 2.68 bits per heavy atom. The Labute approximate surface area is 167 Å². The first-order valence-corrected chi connectivity index (χ1v) is 10.0. The molecule has 2 aromatic carbocycles. The van der Waals surface area contributed by atoms with Gasteiger partial charge in [-0.05, 0) is 36.2 Å². The second-order valence-electron chi connectivity index (χ2n) is 6.50. The zero-order valence-electron chi connectivity index (χ0n) is 15.6. The number of benzene rings is 2. The van der Waals surface area contributed by atoms with Crippen LogP contribution in [0, 0.1) is 0 Å². The van der Waals surface area contributed by atoms with E-state index in [0.29, 0.717) is 13.0 Å². The molecule has 6 heteroatoms. The molecule has 4 rings (SSSR count). The summed E-state index contributed by atoms with van der Waals surface area (Å²) in [4.78, 5) is 17.9. The van der Waals surface area contributed by atoms with Crippen molar-refractivity contribution < 1.29 is 9.53 Å². The number of fused-ring (bicyclic) bond motifs is 1. The Morgan fingerprint density at radius 2 is 1.93 bits per heavy atom. The fourth-order valence-corrected chi connectivity index (χ4v) is 3.95. The van der Waals surface area contributed by atoms with Gasteiger partial charge in [-0.1, -0.05) is 30.3 Å². The van der Waals surface area contributed by atoms with Crippen LogP contribution in [0.1, 0.15) is 11.3 Å². The molecule has 0 aliphatic carbocycles. The molecular weight excluding hydrogens is 370 g/mol. The molecule has 1 N–H and O–H groups in total. The minimum atomic E-state index is 0.0235. The molecule has 0 radical (unpaired) electrons. The van der Waals surface area contributed by atoms with E-state index in [9.17, 15) is 4.79 Å². The summed E-state index contributed by atoms with van der Waals surface area (Å²) in [5.41, 5.74) is 4.08. The van der Waals surface area contributed by atoms with Gasteiger partial charge in [-0.2, -0.15) is 0 Å². The highest BCUT2D eigenvalue weighted by atomic mass is 32.1. The second-order valence-corrected chi connectivity index (χ2v) is 7.33. The van der Waals surface area contributed by atoms with Gasteiger partial charge >= 0.3 is 0 Å². The molecule has 0 saturated heterocycles. The maximum atomic E-state index is 12.3. The summed E-state index contributed by atoms with van der Waals surface area (Å²) in [5, 5.41) is 5.00. The quantitative estimate of drug-likeness (QED) is 0.519. The molecule has 1 amide bonds. The molecule has 5 nitrogen and oxygen atoms in total. The average Bonchev–Trinajstić information content (AvgIpc) is 3.31. The van der Waals surface area contributed by atoms with E-state index >= 15 is 0 Å². The van der Waals surface area contributed by atoms with Gasteiger partial charge in [0.1, 0.15) is 5.75 Å². The van der Waals surface area contributed by atoms with Gasteiger partial charge in [-0.3, -0.25) is 9.20 Å². The number of nitrogens with zero attached hydrogens (tertiary/aromatic N) is 2. The highest BCUT2D eigenvalue weighted by Crippen LogP contribution is 2.25. The van der Waals surface area contributed by atoms with E-state index in [1.807, 2.05) is 58.4 Å². The minimum Gasteiger partial charge on any atom is -0.497 e. The van der Waals surface area contributed by atoms with Crippen LogP contribution in [0.3, 0.4) is 0 Å². The number of ether oxygens (including phenoxy) is 1. The SMILES string of the molecule is COc1ccc(-c2cn3c(CC(=O)NCCc4ccccc4)csc3n2)cc1. The van der Waals surface area contributed by atoms with Crippen molar-refractivity contribution in [2.45, 2.75) is 12.8 Å². The van der Waals surface area contributed by atoms with Crippen LogP contribution in [0.15, 0.2) is 66.2 Å². The van der Waals surface area contributed by atoms with Crippen LogP contribution in [-0.4, -0.2) is 28.9 Å². The van der Waals surface area contributed by atoms with Crippen molar-refractivity contribution in [2.24, 2.45) is 0 Å². The highest BCUT2D eigenvalue weighted by Gasteiger charge is 2.12. The van der Waals surface area contributed by atoms with E-state index < -0.39 is 0 Å². The predicted octanol–water partition coefficient (Wildman–Crippen LogP) is 3.97. The van der Waals surface area contributed by atoms with Crippen LogP contribution in [-0.2, 0) is 17.6 Å². The van der Waals surface area contributed by atoms with Crippen molar-refractivity contribution in [1.29, 1.82) is 0 Å². The van der Waals surface area contributed by atoms with Crippen LogP contribution < -0.4 is 10.1 Å². The summed E-state index contributed by atoms with van der Waals surface area (Å²) in [6.07, 6.45) is 3.16. The smallest absolute Gasteiger partial charge is 0.225 e. The number of hydrogen-bond acceptors (Lipinski definition) is 4. The van der Waals surface area contributed by atoms with E-state index in [-0.39, 0.29) is 5.91 Å². The summed E-state index contributed by atoms with van der Waals surface area (Å²) >= 11 is 1.55. The Morgan fingerprint density at radius 1 is 1.14 bits per heavy atom. The van der Waals surface area contributed by atoms with Crippen molar-refractivity contribution >= 4 is 22.2 Å². The van der Waals surface area contributed by atoms with E-state index in [1.165, 1.54) is 5.56 Å². The zero-order chi connectivity index (χ0) is 19.3. The summed E-state index contributed by atoms with van der Waals surface area (Å²) in [5.74, 6) is 0.841. The molecule has 0 spiro atoms. The molecule has 0 bridgehead atoms. The highest BCUT2D eigenvalue weighted by molar-refractivity contribution is 7.15. The van der Waals surface area contributed by atoms with Gasteiger partial charge in [0.15, 0.2) is 4.96 Å². The average molecular weight is 391 g/mol. The Hall–Kier alpha value is -3.12. The number of thiazole rings is 1. The van der Waals surface area contributed by atoms with Crippen molar-refractivity contribution in [3.63, 3.8) is 0 Å². The molecule has 28 heavy (non-hydrogen) atoms. The minimum absolute atomic E-state index is 0.0235. The van der Waals surface area contributed by atoms with Gasteiger partial charge in [-0.15, -0.1) is 11.3 Å². The van der Waals surface area contributed by atoms with Crippen molar-refractivity contribution in [3.8, 4) is 17.0 Å². The Kier molecular flexibility index (Phi) is 5.39. The summed E-state index contributed by atoms with van der Waals surface area (Å²) < 4.78 is 7.21. The van der Waals surface area contributed by atoms with Gasteiger partial charge in [0, 0.05) is 29.4 Å². The fourth-order valence-electron chi connectivity index (χ4n) is 3.08. The number of amides is 1. The fraction of sp³-hybridized carbons (Fsp3) is 0.182. The Balaban J connectivity index is 1.41. The maximum absolute atomic E-state index is 12.3. The Bertz CT molecular complexity index is 1070. The van der Waals surface area contributed by atoms with Crippen molar-refractivity contribution in [1.82, 2.24) is 14.7 Å². The summed E-state index contributed by atoms with van der Waals surface area (Å²) in [6, 6.07) is 18.0. The van der Waals surface area contributed by atoms with Crippen molar-refractivity contribution in [2.75, 3.05) is 13.7 Å². The molecule has 0 atom stereocenters. The zero-order valence-corrected chi connectivity index (χ0v) is 16.4. The van der Waals surface area contributed by atoms with Crippen LogP contribution in [0.5, 0.6) is 5.75 Å². The first-order chi connectivity index (χ1) is 13.7. The molecule has 142 valence electrons. The molecule has 0 saturated carbocycles. The lowest BCUT2D eigenvalue weighted by Gasteiger charge is -2.05. The van der Waals surface area contributed by atoms with Gasteiger partial charge < -0.3 is 10.1 Å². The van der Waals surface area contributed by atoms with Crippen LogP contribution in [0.2, 0.25) is 0 Å². The van der Waals surface area contributed by atoms with Gasteiger partial charge in [0.2, 0.25) is 5.91 Å². The third kappa shape index (κ3) is 4.07. The van der Waals surface area contributed by atoms with Gasteiger partial charge in [0.25, 0.3) is 0 Å². The number of carbonyl (C=O) groups excluding carboxylic acids is 1. The second kappa shape index (κ2) is 8.27. The topological polar surface area (TPSA) is 55.6 Å². The number of aromatic nitrogens is 2. The maximum Gasteiger partial charge on any atom is 0.225 e. The number of rotatable bonds is 7. The number of carbonyl (C=O) groups is 1. The molecule has 0 aliphatic heterocycles. The van der Waals surface area contributed by atoms with E-state index in [1.54, 1.807) is 18.4 Å². The summed E-state index contributed by atoms with van der Waals surface area (Å²) in [6.45, 7) is 0.636. The number of hydrogen-bond donors (Lipinski definition) is 1. The standard InChI is InChI=1S/C22H21N3O2S/c1-27-19-9-7-17(8-10-19)20-14-25-18(15-28-22(25)24-20)13-21(26)23-12-11-16-5-3-2-4-6-16/h2-10,14-15H,11-13H2,1H3,(H,23,26). The largest absolute Gasteiger partial charge is 0.497 e. The number of nitrogens with one attached hydrogen (secondary N) is 1. The molecular formula is C22H21N3O2S. The predicted molar refractivity (Wildman–Crippen MR) is 112 cm³/mol. The lowest BCUT2D eigenvalue weighted by molar-refractivity contribution is -0.120. The first-order valence-electron chi connectivity index (χ1n) is 9.13. The lowest BCUT2D eigenvalue weighted by atomic mass is 10.1. The van der Waals surface area contributed by atoms with E-state index in [0.717, 1.165) is 34.1 Å². The van der Waals surface area contributed by atoms with E-state index in [2.05, 4.69) is 22.4 Å². The molecule has 0 fully saturated rings. The normalized spacial score (nSPS) is 10.9. The molecule has 4 aromatic rings. The number of methoxy groups -OCH3 is 1. The number of imidazole rings is 1. The third-order valence-corrected chi connectivity index (χ3v) is 5.48. The summed E-state index contributed by atoms with van der Waals surface area (Å²) in [7, 11) is 1.65. The first kappa shape index (κ1) is 18.3. The van der Waals surface area contributed by atoms with Gasteiger partial charge in [0.05, 0.1) is 19.2 Å². The van der Waals surface area contributed by atoms with Crippen LogP contribution in [0.4, 0.5) is 0 Å². The van der Waals surface area contributed by atoms with Crippen LogP contribution in [0.25, 0.3) is 16.2 Å². The van der Waals surface area contributed by atoms with Crippen LogP contribution >= 0.6 is 11.3 Å². The van der Waals surface area contributed by atoms with Gasteiger partial charge in [-0.25, -0.2) is 4.98 Å². The lowest BCUT2D eigenvalue weighted by Crippen LogP contribution is -2.27. The van der Waals surface area contributed by atoms with E-state index in [4.69, 9.17) is 4.74 Å².